The highest BCUT2D eigenvalue weighted by molar-refractivity contribution is 6.11. The number of anilines is 2. The first-order chi connectivity index (χ1) is 37.5. The largest absolute Gasteiger partial charge is 0.507 e. The Hall–Kier alpha value is -6.78. The number of esters is 1. The van der Waals surface area contributed by atoms with E-state index in [1.165, 1.54) is 39.4 Å². The third kappa shape index (κ3) is 13.0. The van der Waals surface area contributed by atoms with Crippen molar-refractivity contribution in [3.8, 4) is 29.6 Å². The molecule has 0 unspecified atom stereocenters. The van der Waals surface area contributed by atoms with Gasteiger partial charge in [-0.1, -0.05) is 78.0 Å². The molecule has 2 amide bonds. The summed E-state index contributed by atoms with van der Waals surface area (Å²) in [5, 5.41) is 51.0. The van der Waals surface area contributed by atoms with Gasteiger partial charge in [0.05, 0.1) is 40.9 Å². The first kappa shape index (κ1) is 59.9. The number of nitrogens with zero attached hydrogens (tertiary/aromatic N) is 5. The van der Waals surface area contributed by atoms with E-state index in [0.29, 0.717) is 64.1 Å². The van der Waals surface area contributed by atoms with Gasteiger partial charge < -0.3 is 59.4 Å². The van der Waals surface area contributed by atoms with Gasteiger partial charge in [-0.05, 0) is 56.7 Å². The fraction of sp³-hybridized carbons (Fsp3) is 0.541. The highest BCUT2D eigenvalue weighted by Gasteiger charge is 2.42. The molecule has 0 radical (unpaired) electrons. The monoisotopic (exact) mass is 1090 g/mol. The first-order valence-electron chi connectivity index (χ1n) is 27.5. The van der Waals surface area contributed by atoms with Crippen LogP contribution in [-0.4, -0.2) is 143 Å². The topological polar surface area (TPSA) is 233 Å². The number of carbonyl (C=O) groups excluding carboxylic acids is 4. The minimum Gasteiger partial charge on any atom is -0.507 e. The van der Waals surface area contributed by atoms with Crippen molar-refractivity contribution in [3.05, 3.63) is 88.3 Å². The van der Waals surface area contributed by atoms with Gasteiger partial charge in [0.15, 0.2) is 17.7 Å². The number of phenolic OH excluding ortho intramolecular Hbond substituents is 2. The highest BCUT2D eigenvalue weighted by atomic mass is 16.7. The number of carbonyl (C=O) groups is 4. The first-order valence-corrected chi connectivity index (χ1v) is 27.5. The number of terminal acetylenes is 1. The molecule has 79 heavy (non-hydrogen) atoms. The van der Waals surface area contributed by atoms with Gasteiger partial charge in [0.25, 0.3) is 5.91 Å². The molecule has 5 aliphatic heterocycles. The zero-order valence-corrected chi connectivity index (χ0v) is 47.6. The van der Waals surface area contributed by atoms with E-state index in [1.54, 1.807) is 51.7 Å². The maximum Gasteiger partial charge on any atom is 0.315 e. The number of aliphatic hydroxyl groups excluding tert-OH is 2. The summed E-state index contributed by atoms with van der Waals surface area (Å²) in [7, 11) is 3.48. The summed E-state index contributed by atoms with van der Waals surface area (Å²) in [6.07, 6.45) is 11.7. The van der Waals surface area contributed by atoms with Gasteiger partial charge in [0, 0.05) is 119 Å². The number of piperidine rings is 2. The number of aliphatic hydroxyl groups is 2. The molecule has 3 aromatic carbocycles. The molecule has 0 saturated carbocycles. The normalized spacial score (nSPS) is 28.6. The molecule has 0 aliphatic carbocycles. The van der Waals surface area contributed by atoms with Gasteiger partial charge in [-0.3, -0.25) is 29.2 Å². The molecule has 8 rings (SSSR count). The zero-order chi connectivity index (χ0) is 57.7. The number of likely N-dealkylation sites (tertiary alicyclic amines) is 2. The van der Waals surface area contributed by atoms with Crippen LogP contribution in [0.2, 0.25) is 0 Å². The number of ether oxygens (including phenoxy) is 4. The average Bonchev–Trinajstić information content (AvgIpc) is 3.90. The number of nitrogens with one attached hydrogen (secondary N) is 1. The Labute approximate surface area is 463 Å². The number of amides is 2. The van der Waals surface area contributed by atoms with E-state index in [9.17, 15) is 39.6 Å². The molecule has 0 aromatic heterocycles. The number of methoxy groups -OCH3 is 1. The Morgan fingerprint density at radius 1 is 0.949 bits per heavy atom. The summed E-state index contributed by atoms with van der Waals surface area (Å²) in [6.45, 7) is 18.8. The number of hydrogen-bond acceptors (Lipinski definition) is 16. The number of phenols is 2. The SMILES string of the molecule is C#C[C@]1(C)O/C=C/[C@H](OC)[C@@H](C)[C@@H](OC(=O)CC(=O)N2CCC(N(C)c3ccccc3)CC2)[C@H](C)[C@H](O)[C@H](C)[C@@H](O)[C@@H](C)/C=C/C=C(/C)C(=O)Nc2c(O)c3c(O)c(C)c(c(C=O)c3c3c2=NC2(CCN(CC(C)C)CC2)N=3)O1. The van der Waals surface area contributed by atoms with Gasteiger partial charge in [-0.15, -0.1) is 6.42 Å². The molecule has 4 bridgehead atoms. The van der Waals surface area contributed by atoms with E-state index in [-0.39, 0.29) is 61.6 Å². The molecule has 3 aromatic rings. The molecule has 2 fully saturated rings. The fourth-order valence-corrected chi connectivity index (χ4v) is 11.5. The molecule has 5 aliphatic rings. The number of fused-ring (bicyclic) bond motifs is 16. The molecular formula is C61H80N6O12. The van der Waals surface area contributed by atoms with Crippen molar-refractivity contribution < 1.29 is 58.6 Å². The van der Waals surface area contributed by atoms with E-state index < -0.39 is 89.3 Å². The number of benzene rings is 3. The van der Waals surface area contributed by atoms with Crippen LogP contribution in [0.4, 0.5) is 11.4 Å². The lowest BCUT2D eigenvalue weighted by Gasteiger charge is -2.39. The average molecular weight is 1090 g/mol. The van der Waals surface area contributed by atoms with Gasteiger partial charge in [-0.25, -0.2) is 0 Å². The second-order valence-electron chi connectivity index (χ2n) is 22.5. The maximum absolute atomic E-state index is 14.1. The van der Waals surface area contributed by atoms with E-state index in [2.05, 4.69) is 34.9 Å². The van der Waals surface area contributed by atoms with Gasteiger partial charge in [0.2, 0.25) is 5.91 Å². The van der Waals surface area contributed by atoms with Crippen LogP contribution in [0, 0.1) is 48.9 Å². The van der Waals surface area contributed by atoms with Crippen LogP contribution in [-0.2, 0) is 28.6 Å². The number of allylic oxidation sites excluding steroid dienone is 2. The Balaban J connectivity index is 1.25. The smallest absolute Gasteiger partial charge is 0.315 e. The predicted octanol–water partition coefficient (Wildman–Crippen LogP) is 6.50. The van der Waals surface area contributed by atoms with E-state index >= 15 is 0 Å². The third-order valence-electron chi connectivity index (χ3n) is 16.5. The van der Waals surface area contributed by atoms with Gasteiger partial charge in [0.1, 0.15) is 35.1 Å². The molecule has 9 atom stereocenters. The minimum absolute atomic E-state index is 0.0133. The van der Waals surface area contributed by atoms with Crippen molar-refractivity contribution in [2.45, 2.75) is 136 Å². The molecule has 426 valence electrons. The summed E-state index contributed by atoms with van der Waals surface area (Å²) in [5.41, 5.74) is 0.0544. The molecule has 5 N–H and O–H groups in total. The number of rotatable bonds is 9. The summed E-state index contributed by atoms with van der Waals surface area (Å²) >= 11 is 0. The van der Waals surface area contributed by atoms with Crippen molar-refractivity contribution in [2.24, 2.45) is 39.6 Å². The molecule has 18 heteroatoms. The summed E-state index contributed by atoms with van der Waals surface area (Å²) < 4.78 is 24.7. The van der Waals surface area contributed by atoms with E-state index in [0.717, 1.165) is 12.2 Å². The Morgan fingerprint density at radius 2 is 1.61 bits per heavy atom. The van der Waals surface area contributed by atoms with Crippen molar-refractivity contribution >= 4 is 46.2 Å². The zero-order valence-electron chi connectivity index (χ0n) is 47.6. The van der Waals surface area contributed by atoms with Crippen molar-refractivity contribution in [1.82, 2.24) is 9.80 Å². The third-order valence-corrected chi connectivity index (χ3v) is 16.5. The predicted molar refractivity (Wildman–Crippen MR) is 301 cm³/mol. The maximum atomic E-state index is 14.1. The highest BCUT2D eigenvalue weighted by Crippen LogP contribution is 2.46. The van der Waals surface area contributed by atoms with Crippen LogP contribution in [0.1, 0.15) is 103 Å². The quantitative estimate of drug-likeness (QED) is 0.0507. The second-order valence-corrected chi connectivity index (χ2v) is 22.5. The number of para-hydroxylation sites is 1. The van der Waals surface area contributed by atoms with Crippen LogP contribution in [0.3, 0.4) is 0 Å². The molecule has 2 saturated heterocycles. The van der Waals surface area contributed by atoms with Crippen molar-refractivity contribution in [1.29, 1.82) is 0 Å². The van der Waals surface area contributed by atoms with Crippen LogP contribution in [0.15, 0.2) is 76.5 Å². The van der Waals surface area contributed by atoms with Crippen molar-refractivity contribution in [3.63, 3.8) is 0 Å². The van der Waals surface area contributed by atoms with E-state index in [4.69, 9.17) is 35.4 Å². The fourth-order valence-electron chi connectivity index (χ4n) is 11.5. The lowest BCUT2D eigenvalue weighted by atomic mass is 9.78. The van der Waals surface area contributed by atoms with Crippen LogP contribution < -0.4 is 25.7 Å². The minimum atomic E-state index is -1.97. The number of aldehydes is 1. The molecule has 1 spiro atoms. The van der Waals surface area contributed by atoms with Crippen molar-refractivity contribution in [2.75, 3.05) is 57.1 Å². The Bertz CT molecular complexity index is 3010. The van der Waals surface area contributed by atoms with Crippen LogP contribution in [0.25, 0.3) is 10.8 Å². The Kier molecular flexibility index (Phi) is 19.0. The molecule has 18 nitrogen and oxygen atoms in total. The van der Waals surface area contributed by atoms with Gasteiger partial charge >= 0.3 is 11.8 Å². The van der Waals surface area contributed by atoms with Crippen LogP contribution in [0.5, 0.6) is 17.2 Å². The van der Waals surface area contributed by atoms with E-state index in [1.807, 2.05) is 37.4 Å². The summed E-state index contributed by atoms with van der Waals surface area (Å²) in [5.74, 6) is -4.96. The molecule has 5 heterocycles. The lowest BCUT2D eigenvalue weighted by molar-refractivity contribution is -0.165. The molecular weight excluding hydrogens is 1010 g/mol. The summed E-state index contributed by atoms with van der Waals surface area (Å²) in [6, 6.07) is 10.2. The Morgan fingerprint density at radius 3 is 2.23 bits per heavy atom. The summed E-state index contributed by atoms with van der Waals surface area (Å²) in [4.78, 5) is 71.8. The number of hydrogen-bond donors (Lipinski definition) is 5. The number of aromatic hydroxyl groups is 2. The lowest BCUT2D eigenvalue weighted by Crippen LogP contribution is -2.48. The van der Waals surface area contributed by atoms with Gasteiger partial charge in [-0.2, -0.15) is 0 Å². The standard InChI is InChI=1S/C61H80N6O12/c1-13-60(10)77-31-24-45(76-12)38(6)57(78-47(70)32-46(69)67-27-22-43(23-28-67)65(11)42-20-15-14-16-21-42)40(8)54(72)39(7)53(71)36(4)18-17-19-37(5)59(75)62-52-51-50(63-61(64-51)25-29-66(30-26-61)33-35(2)3)48-44(34-68)58(79-60)41(9)55(73)49(48)56(52)74/h1,14-21,24,31,34-36,38-40,43,45,53-54,57,71-74H,22-23,25-30,32-33H2,2-12H3,(H,62,75)/b18-17+,31-24+,37-19-/t36-,38+,39+,40+,45-,53-,54+,57+,60+/m0/s1. The van der Waals surface area contributed by atoms with Crippen LogP contribution >= 0.6 is 0 Å². The second kappa shape index (κ2) is 25.1.